The van der Waals surface area contributed by atoms with Crippen molar-refractivity contribution < 1.29 is 14.0 Å². The number of unbranched alkanes of at least 4 members (excludes halogenated alkanes) is 15. The van der Waals surface area contributed by atoms with Crippen molar-refractivity contribution in [2.45, 2.75) is 116 Å². The van der Waals surface area contributed by atoms with Gasteiger partial charge < -0.3 is 9.22 Å². The van der Waals surface area contributed by atoms with E-state index in [9.17, 15) is 4.79 Å². The van der Waals surface area contributed by atoms with E-state index in [0.29, 0.717) is 17.6 Å². The highest BCUT2D eigenvalue weighted by Crippen LogP contribution is 2.14. The average molecular weight is 483 g/mol. The summed E-state index contributed by atoms with van der Waals surface area (Å²) in [5, 5.41) is 0. The first-order chi connectivity index (χ1) is 15.5. The van der Waals surface area contributed by atoms with Gasteiger partial charge in [0.1, 0.15) is 6.54 Å². The molecule has 0 radical (unpaired) electrons. The van der Waals surface area contributed by atoms with E-state index >= 15 is 0 Å². The lowest BCUT2D eigenvalue weighted by Crippen LogP contribution is -2.43. The van der Waals surface area contributed by atoms with Crippen LogP contribution in [0.4, 0.5) is 0 Å². The number of halogens is 1. The van der Waals surface area contributed by atoms with Gasteiger partial charge in [-0.15, -0.1) is 12.4 Å². The fourth-order valence-corrected chi connectivity index (χ4v) is 4.36. The number of ether oxygens (including phenoxy) is 1. The number of esters is 1. The van der Waals surface area contributed by atoms with E-state index < -0.39 is 0 Å². The van der Waals surface area contributed by atoms with E-state index in [1.54, 1.807) is 0 Å². The second-order valence-electron chi connectivity index (χ2n) is 10.3. The first kappa shape index (κ1) is 31.9. The molecule has 0 fully saturated rings. The Kier molecular flexibility index (Phi) is 20.8. The monoisotopic (exact) mass is 482 g/mol. The lowest BCUT2D eigenvalue weighted by atomic mass is 10.0. The number of hydrogen-bond donors (Lipinski definition) is 0. The summed E-state index contributed by atoms with van der Waals surface area (Å²) in [5.41, 5.74) is 1.25. The van der Waals surface area contributed by atoms with Crippen LogP contribution in [-0.2, 0) is 16.1 Å². The molecule has 0 N–H and O–H groups in total. The molecule has 33 heavy (non-hydrogen) atoms. The summed E-state index contributed by atoms with van der Waals surface area (Å²) < 4.78 is 6.11. The van der Waals surface area contributed by atoms with Gasteiger partial charge in [0.25, 0.3) is 0 Å². The van der Waals surface area contributed by atoms with Crippen molar-refractivity contribution in [3.63, 3.8) is 0 Å². The Morgan fingerprint density at radius 3 is 1.58 bits per heavy atom. The molecule has 4 heteroatoms. The summed E-state index contributed by atoms with van der Waals surface area (Å²) in [6.07, 6.45) is 21.7. The molecular formula is C29H53ClNO2+. The van der Waals surface area contributed by atoms with Gasteiger partial charge in [-0.2, -0.15) is 0 Å². The molecule has 0 unspecified atom stereocenters. The van der Waals surface area contributed by atoms with E-state index in [1.165, 1.54) is 102 Å². The predicted octanol–water partition coefficient (Wildman–Crippen LogP) is 8.49. The highest BCUT2D eigenvalue weighted by molar-refractivity contribution is 5.85. The van der Waals surface area contributed by atoms with Gasteiger partial charge in [-0.05, 0) is 6.42 Å². The molecule has 0 bridgehead atoms. The quantitative estimate of drug-likeness (QED) is 0.0996. The minimum atomic E-state index is -0.0770. The van der Waals surface area contributed by atoms with Gasteiger partial charge in [0.2, 0.25) is 0 Å². The summed E-state index contributed by atoms with van der Waals surface area (Å²) in [4.78, 5) is 12.2. The van der Waals surface area contributed by atoms with Crippen molar-refractivity contribution in [1.29, 1.82) is 0 Å². The van der Waals surface area contributed by atoms with Gasteiger partial charge in [0.15, 0.2) is 6.54 Å². The zero-order valence-electron chi connectivity index (χ0n) is 22.0. The van der Waals surface area contributed by atoms with E-state index in [1.807, 2.05) is 18.2 Å². The van der Waals surface area contributed by atoms with Crippen LogP contribution in [-0.4, -0.2) is 37.7 Å². The van der Waals surface area contributed by atoms with Crippen molar-refractivity contribution in [1.82, 2.24) is 0 Å². The largest absolute Gasteiger partial charge is 0.462 e. The molecule has 0 spiro atoms. The number of carbonyl (C=O) groups is 1. The zero-order valence-corrected chi connectivity index (χ0v) is 22.8. The molecule has 0 heterocycles. The second-order valence-corrected chi connectivity index (χ2v) is 10.3. The molecule has 0 aliphatic carbocycles. The van der Waals surface area contributed by atoms with Gasteiger partial charge in [0, 0.05) is 5.56 Å². The topological polar surface area (TPSA) is 26.3 Å². The molecule has 0 saturated carbocycles. The summed E-state index contributed by atoms with van der Waals surface area (Å²) in [7, 11) is 4.17. The second kappa shape index (κ2) is 21.5. The molecule has 1 aromatic rings. The van der Waals surface area contributed by atoms with Crippen LogP contribution in [0.15, 0.2) is 30.3 Å². The lowest BCUT2D eigenvalue weighted by molar-refractivity contribution is -0.896. The SMILES string of the molecule is CCCCCCCCCCCCCCCCCCOC(=O)C[N+](C)(C)Cc1ccccc1.Cl. The van der Waals surface area contributed by atoms with Gasteiger partial charge in [-0.3, -0.25) is 0 Å². The maximum Gasteiger partial charge on any atom is 0.361 e. The Labute approximate surface area is 211 Å². The van der Waals surface area contributed by atoms with Crippen LogP contribution >= 0.6 is 12.4 Å². The summed E-state index contributed by atoms with van der Waals surface area (Å²) >= 11 is 0. The Hall–Kier alpha value is -1.06. The van der Waals surface area contributed by atoms with Crippen LogP contribution in [0.25, 0.3) is 0 Å². The van der Waals surface area contributed by atoms with Crippen LogP contribution in [0.3, 0.4) is 0 Å². The van der Waals surface area contributed by atoms with Gasteiger partial charge in [-0.25, -0.2) is 4.79 Å². The maximum atomic E-state index is 12.2. The van der Waals surface area contributed by atoms with Crippen LogP contribution in [0.5, 0.6) is 0 Å². The fraction of sp³-hybridized carbons (Fsp3) is 0.759. The van der Waals surface area contributed by atoms with E-state index in [4.69, 9.17) is 4.74 Å². The smallest absolute Gasteiger partial charge is 0.361 e. The molecule has 1 rings (SSSR count). The highest BCUT2D eigenvalue weighted by Gasteiger charge is 2.21. The van der Waals surface area contributed by atoms with E-state index in [2.05, 4.69) is 33.2 Å². The third kappa shape index (κ3) is 20.1. The predicted molar refractivity (Wildman–Crippen MR) is 145 cm³/mol. The van der Waals surface area contributed by atoms with Crippen molar-refractivity contribution in [3.8, 4) is 0 Å². The first-order valence-corrected chi connectivity index (χ1v) is 13.5. The van der Waals surface area contributed by atoms with Gasteiger partial charge in [-0.1, -0.05) is 134 Å². The molecule has 0 aliphatic rings. The van der Waals surface area contributed by atoms with Crippen LogP contribution in [0, 0.1) is 0 Å². The minimum absolute atomic E-state index is 0. The van der Waals surface area contributed by atoms with Crippen LogP contribution < -0.4 is 0 Å². The average Bonchev–Trinajstić information content (AvgIpc) is 2.76. The number of nitrogens with zero attached hydrogens (tertiary/aromatic N) is 1. The van der Waals surface area contributed by atoms with E-state index in [0.717, 1.165) is 13.0 Å². The molecule has 0 amide bonds. The number of likely N-dealkylation sites (N-methyl/N-ethyl adjacent to an activating group) is 1. The van der Waals surface area contributed by atoms with Gasteiger partial charge >= 0.3 is 5.97 Å². The molecule has 0 saturated heterocycles. The first-order valence-electron chi connectivity index (χ1n) is 13.5. The number of carbonyl (C=O) groups excluding carboxylic acids is 1. The minimum Gasteiger partial charge on any atom is -0.462 e. The molecule has 0 aliphatic heterocycles. The Morgan fingerprint density at radius 1 is 0.697 bits per heavy atom. The normalized spacial score (nSPS) is 11.2. The molecule has 0 atom stereocenters. The fourth-order valence-electron chi connectivity index (χ4n) is 4.36. The molecule has 1 aromatic carbocycles. The molecule has 192 valence electrons. The number of benzene rings is 1. The van der Waals surface area contributed by atoms with Gasteiger partial charge in [0.05, 0.1) is 20.7 Å². The summed E-state index contributed by atoms with van der Waals surface area (Å²) in [6, 6.07) is 10.3. The third-order valence-corrected chi connectivity index (χ3v) is 6.27. The molecule has 0 aromatic heterocycles. The highest BCUT2D eigenvalue weighted by atomic mass is 35.5. The van der Waals surface area contributed by atoms with Crippen LogP contribution in [0.1, 0.15) is 115 Å². The van der Waals surface area contributed by atoms with E-state index in [-0.39, 0.29) is 18.4 Å². The Balaban J connectivity index is 0.0000102. The molecular weight excluding hydrogens is 430 g/mol. The number of rotatable bonds is 21. The Morgan fingerprint density at radius 2 is 1.12 bits per heavy atom. The van der Waals surface area contributed by atoms with Crippen molar-refractivity contribution in [3.05, 3.63) is 35.9 Å². The zero-order chi connectivity index (χ0) is 23.3. The standard InChI is InChI=1S/C29H52NO2.ClH/c1-4-5-6-7-8-9-10-11-12-13-14-15-16-17-18-22-25-32-29(31)27-30(2,3)26-28-23-20-19-21-24-28;/h19-21,23-24H,4-18,22,25-27H2,1-3H3;1H/q+1;. The summed E-state index contributed by atoms with van der Waals surface area (Å²) in [6.45, 7) is 4.12. The Bertz CT molecular complexity index is 562. The van der Waals surface area contributed by atoms with Crippen LogP contribution in [0.2, 0.25) is 0 Å². The van der Waals surface area contributed by atoms with Crippen molar-refractivity contribution >= 4 is 18.4 Å². The summed E-state index contributed by atoms with van der Waals surface area (Å²) in [5.74, 6) is -0.0770. The number of hydrogen-bond acceptors (Lipinski definition) is 2. The third-order valence-electron chi connectivity index (χ3n) is 6.27. The maximum absolute atomic E-state index is 12.2. The number of quaternary nitrogens is 1. The van der Waals surface area contributed by atoms with Crippen molar-refractivity contribution in [2.75, 3.05) is 27.2 Å². The lowest BCUT2D eigenvalue weighted by Gasteiger charge is -2.28. The van der Waals surface area contributed by atoms with Crippen molar-refractivity contribution in [2.24, 2.45) is 0 Å². The molecule has 3 nitrogen and oxygen atoms in total.